The molecule has 0 N–H and O–H groups in total. The summed E-state index contributed by atoms with van der Waals surface area (Å²) in [6.45, 7) is 5.02. The first-order valence-corrected chi connectivity index (χ1v) is 4.88. The summed E-state index contributed by atoms with van der Waals surface area (Å²) in [5.41, 5.74) is -8.64. The molecule has 0 amide bonds. The maximum Gasteiger partial charge on any atom is 0.420 e. The molecule has 1 aromatic carbocycles. The molecule has 0 aromatic heterocycles. The molecule has 0 radical (unpaired) electrons. The summed E-state index contributed by atoms with van der Waals surface area (Å²) in [6, 6.07) is 0.595. The Balaban J connectivity index is 4.05. The average Bonchev–Trinajstić information content (AvgIpc) is 2.31. The minimum Gasteiger partial charge on any atom is -0.312 e. The van der Waals surface area contributed by atoms with Crippen LogP contribution in [-0.4, -0.2) is 0 Å². The number of nitriles is 1. The second kappa shape index (κ2) is 5.20. The van der Waals surface area contributed by atoms with E-state index < -0.39 is 52.8 Å². The highest BCUT2D eigenvalue weighted by Gasteiger charge is 2.47. The number of benzene rings is 1. The minimum absolute atomic E-state index is 0.595. The molecule has 0 aliphatic rings. The first-order valence-electron chi connectivity index (χ1n) is 4.88. The highest BCUT2D eigenvalue weighted by atomic mass is 19.4. The van der Waals surface area contributed by atoms with Gasteiger partial charge in [0.2, 0.25) is 6.54 Å². The Hall–Kier alpha value is -2.36. The third kappa shape index (κ3) is 2.89. The van der Waals surface area contributed by atoms with Crippen LogP contribution >= 0.6 is 0 Å². The van der Waals surface area contributed by atoms with Crippen LogP contribution in [0.4, 0.5) is 35.1 Å². The molecule has 0 aliphatic carbocycles. The van der Waals surface area contributed by atoms with E-state index in [4.69, 9.17) is 11.8 Å². The zero-order valence-corrected chi connectivity index (χ0v) is 9.63. The van der Waals surface area contributed by atoms with E-state index in [1.807, 2.05) is 0 Å². The van der Waals surface area contributed by atoms with Gasteiger partial charge in [0.1, 0.15) is 11.6 Å². The molecule has 0 atom stereocenters. The molecule has 112 valence electrons. The lowest BCUT2D eigenvalue weighted by Gasteiger charge is -2.18. The molecule has 0 bridgehead atoms. The van der Waals surface area contributed by atoms with E-state index in [2.05, 4.69) is 4.85 Å². The van der Waals surface area contributed by atoms with Crippen molar-refractivity contribution in [1.29, 1.82) is 5.26 Å². The SMILES string of the molecule is [C-]#[N+]Cc1c(F)c(F)c(C(F)(F)F)c(C#N)c1C(F)(F)F. The molecule has 0 spiro atoms. The van der Waals surface area contributed by atoms with E-state index in [0.717, 1.165) is 0 Å². The zero-order chi connectivity index (χ0) is 16.6. The first-order chi connectivity index (χ1) is 9.46. The molecular formula is C11H2F8N2. The van der Waals surface area contributed by atoms with Gasteiger partial charge in [-0.3, -0.25) is 0 Å². The number of nitrogens with zero attached hydrogens (tertiary/aromatic N) is 2. The normalized spacial score (nSPS) is 11.9. The fourth-order valence-corrected chi connectivity index (χ4v) is 1.66. The Labute approximate surface area is 112 Å². The van der Waals surface area contributed by atoms with Crippen LogP contribution in [-0.2, 0) is 18.9 Å². The summed E-state index contributed by atoms with van der Waals surface area (Å²) >= 11 is 0. The quantitative estimate of drug-likeness (QED) is 0.561. The van der Waals surface area contributed by atoms with Crippen LogP contribution in [0, 0.1) is 29.5 Å². The largest absolute Gasteiger partial charge is 0.420 e. The van der Waals surface area contributed by atoms with Crippen molar-refractivity contribution in [2.24, 2.45) is 0 Å². The standard InChI is InChI=1S/C11H2F8N2/c1-21-3-5-6(10(14,15)16)4(2-20)7(11(17,18)19)9(13)8(5)12/h3H2. The Morgan fingerprint density at radius 2 is 1.43 bits per heavy atom. The number of halogens is 8. The van der Waals surface area contributed by atoms with E-state index in [1.165, 1.54) is 0 Å². The third-order valence-corrected chi connectivity index (χ3v) is 2.39. The highest BCUT2D eigenvalue weighted by molar-refractivity contribution is 5.53. The van der Waals surface area contributed by atoms with E-state index in [9.17, 15) is 35.1 Å². The summed E-state index contributed by atoms with van der Waals surface area (Å²) in [5, 5.41) is 8.52. The molecular weight excluding hydrogens is 312 g/mol. The second-order valence-electron chi connectivity index (χ2n) is 3.66. The van der Waals surface area contributed by atoms with Gasteiger partial charge in [-0.05, 0) is 0 Å². The van der Waals surface area contributed by atoms with Crippen LogP contribution in [0.2, 0.25) is 0 Å². The molecule has 0 aliphatic heterocycles. The van der Waals surface area contributed by atoms with Crippen LogP contribution in [0.3, 0.4) is 0 Å². The van der Waals surface area contributed by atoms with E-state index in [0.29, 0.717) is 6.07 Å². The number of hydrogen-bond donors (Lipinski definition) is 0. The van der Waals surface area contributed by atoms with Gasteiger partial charge in [-0.1, -0.05) is 0 Å². The Kier molecular flexibility index (Phi) is 4.14. The lowest BCUT2D eigenvalue weighted by Crippen LogP contribution is -2.21. The Morgan fingerprint density at radius 1 is 0.952 bits per heavy atom. The topological polar surface area (TPSA) is 28.1 Å². The van der Waals surface area contributed by atoms with Gasteiger partial charge in [0, 0.05) is 0 Å². The number of hydrogen-bond acceptors (Lipinski definition) is 1. The lowest BCUT2D eigenvalue weighted by molar-refractivity contribution is -0.145. The molecule has 0 saturated carbocycles. The highest BCUT2D eigenvalue weighted by Crippen LogP contribution is 2.43. The van der Waals surface area contributed by atoms with Crippen molar-refractivity contribution in [2.75, 3.05) is 0 Å². The zero-order valence-electron chi connectivity index (χ0n) is 9.63. The monoisotopic (exact) mass is 314 g/mol. The van der Waals surface area contributed by atoms with Gasteiger partial charge in [0.15, 0.2) is 11.6 Å². The third-order valence-electron chi connectivity index (χ3n) is 2.39. The first kappa shape index (κ1) is 16.7. The molecule has 2 nitrogen and oxygen atoms in total. The molecule has 21 heavy (non-hydrogen) atoms. The van der Waals surface area contributed by atoms with Crippen molar-refractivity contribution < 1.29 is 35.1 Å². The summed E-state index contributed by atoms with van der Waals surface area (Å²) in [5.74, 6) is -5.07. The van der Waals surface area contributed by atoms with Crippen molar-refractivity contribution in [3.05, 3.63) is 45.3 Å². The summed E-state index contributed by atoms with van der Waals surface area (Å²) < 4.78 is 103. The summed E-state index contributed by atoms with van der Waals surface area (Å²) in [6.07, 6.45) is -11.3. The van der Waals surface area contributed by atoms with Crippen molar-refractivity contribution in [3.8, 4) is 6.07 Å². The maximum atomic E-state index is 13.5. The van der Waals surface area contributed by atoms with Crippen molar-refractivity contribution in [3.63, 3.8) is 0 Å². The van der Waals surface area contributed by atoms with Crippen LogP contribution in [0.25, 0.3) is 4.85 Å². The van der Waals surface area contributed by atoms with Crippen molar-refractivity contribution >= 4 is 0 Å². The van der Waals surface area contributed by atoms with Gasteiger partial charge in [0.05, 0.1) is 16.7 Å². The van der Waals surface area contributed by atoms with E-state index in [-0.39, 0.29) is 0 Å². The molecule has 0 unspecified atom stereocenters. The van der Waals surface area contributed by atoms with Crippen LogP contribution < -0.4 is 0 Å². The maximum absolute atomic E-state index is 13.5. The second-order valence-corrected chi connectivity index (χ2v) is 3.66. The predicted molar refractivity (Wildman–Crippen MR) is 51.4 cm³/mol. The average molecular weight is 314 g/mol. The van der Waals surface area contributed by atoms with E-state index in [1.54, 1.807) is 0 Å². The molecule has 10 heteroatoms. The van der Waals surface area contributed by atoms with Crippen LogP contribution in [0.15, 0.2) is 0 Å². The number of rotatable bonds is 1. The van der Waals surface area contributed by atoms with Crippen molar-refractivity contribution in [2.45, 2.75) is 18.9 Å². The Bertz CT molecular complexity index is 657. The van der Waals surface area contributed by atoms with Crippen molar-refractivity contribution in [1.82, 2.24) is 0 Å². The van der Waals surface area contributed by atoms with Gasteiger partial charge in [0.25, 0.3) is 0 Å². The molecule has 0 saturated heterocycles. The van der Waals surface area contributed by atoms with Gasteiger partial charge < -0.3 is 4.85 Å². The fraction of sp³-hybridized carbons (Fsp3) is 0.273. The van der Waals surface area contributed by atoms with Gasteiger partial charge in [-0.15, -0.1) is 0 Å². The van der Waals surface area contributed by atoms with Gasteiger partial charge in [-0.25, -0.2) is 15.4 Å². The lowest BCUT2D eigenvalue weighted by atomic mass is 9.94. The minimum atomic E-state index is -5.70. The van der Waals surface area contributed by atoms with Gasteiger partial charge in [-0.2, -0.15) is 31.6 Å². The summed E-state index contributed by atoms with van der Waals surface area (Å²) in [7, 11) is 0. The predicted octanol–water partition coefficient (Wildman–Crippen LogP) is 4.29. The molecule has 1 rings (SSSR count). The van der Waals surface area contributed by atoms with Crippen LogP contribution in [0.1, 0.15) is 22.3 Å². The van der Waals surface area contributed by atoms with Crippen LogP contribution in [0.5, 0.6) is 0 Å². The number of alkyl halides is 6. The molecule has 0 heterocycles. The molecule has 0 fully saturated rings. The summed E-state index contributed by atoms with van der Waals surface area (Å²) in [4.78, 5) is 2.40. The molecule has 1 aromatic rings. The Morgan fingerprint density at radius 3 is 1.76 bits per heavy atom. The van der Waals surface area contributed by atoms with E-state index >= 15 is 0 Å². The smallest absolute Gasteiger partial charge is 0.312 e. The van der Waals surface area contributed by atoms with Gasteiger partial charge >= 0.3 is 12.4 Å². The fourth-order valence-electron chi connectivity index (χ4n) is 1.66.